The molecule has 4 heterocycles. The molecule has 2 aliphatic heterocycles. The summed E-state index contributed by atoms with van der Waals surface area (Å²) < 4.78 is 36.4. The molecule has 0 radical (unpaired) electrons. The van der Waals surface area contributed by atoms with Gasteiger partial charge in [-0.05, 0) is 126 Å². The van der Waals surface area contributed by atoms with Crippen molar-refractivity contribution in [2.24, 2.45) is 0 Å². The van der Waals surface area contributed by atoms with Crippen molar-refractivity contribution in [3.8, 4) is 46.5 Å². The lowest BCUT2D eigenvalue weighted by molar-refractivity contribution is 0.0697. The molecule has 0 spiro atoms. The number of methoxy groups -OCH3 is 2. The van der Waals surface area contributed by atoms with Crippen molar-refractivity contribution in [3.63, 3.8) is 0 Å². The number of amides is 4. The molecule has 2 aromatic heterocycles. The zero-order valence-corrected chi connectivity index (χ0v) is 46.7. The number of aryl methyl sites for hydroxylation is 1. The Morgan fingerprint density at radius 2 is 0.953 bits per heavy atom. The molecule has 0 saturated carbocycles. The van der Waals surface area contributed by atoms with Crippen LogP contribution < -0.4 is 38.2 Å². The number of rotatable bonds is 17. The number of anilines is 2. The van der Waals surface area contributed by atoms with Crippen molar-refractivity contribution in [1.29, 1.82) is 0 Å². The third kappa shape index (κ3) is 9.72. The number of nitrogens with zero attached hydrogens (tertiary/aromatic N) is 6. The number of hydrogen-bond donors (Lipinski definition) is 2. The van der Waals surface area contributed by atoms with Gasteiger partial charge < -0.3 is 43.2 Å². The Hall–Kier alpha value is -11.1. The van der Waals surface area contributed by atoms with Crippen molar-refractivity contribution >= 4 is 69.0 Å². The molecular weight excluding hydrogens is 1100 g/mol. The number of esters is 2. The van der Waals surface area contributed by atoms with Gasteiger partial charge in [0.05, 0.1) is 55.4 Å². The second kappa shape index (κ2) is 22.2. The topological polar surface area (TPSA) is 248 Å². The average Bonchev–Trinajstić information content (AvgIpc) is 1.74. The highest BCUT2D eigenvalue weighted by atomic mass is 16.6. The van der Waals surface area contributed by atoms with Gasteiger partial charge in [0, 0.05) is 33.8 Å². The van der Waals surface area contributed by atoms with Crippen LogP contribution in [0.2, 0.25) is 0 Å². The van der Waals surface area contributed by atoms with Gasteiger partial charge in [0.15, 0.2) is 0 Å². The number of hydrogen-bond acceptors (Lipinski definition) is 17. The van der Waals surface area contributed by atoms with Gasteiger partial charge in [-0.3, -0.25) is 19.2 Å². The summed E-state index contributed by atoms with van der Waals surface area (Å²) in [6, 6.07) is 45.1. The number of benzene rings is 8. The highest BCUT2D eigenvalue weighted by molar-refractivity contribution is 6.35. The minimum Gasteiger partial charge on any atom is -0.496 e. The van der Waals surface area contributed by atoms with E-state index in [2.05, 4.69) is 46.4 Å². The zero-order valence-electron chi connectivity index (χ0n) is 46.7. The van der Waals surface area contributed by atoms with Crippen molar-refractivity contribution in [3.05, 3.63) is 219 Å². The summed E-state index contributed by atoms with van der Waals surface area (Å²) in [6.45, 7) is 5.82. The molecule has 10 aromatic rings. The van der Waals surface area contributed by atoms with E-state index in [4.69, 9.17) is 28.4 Å². The van der Waals surface area contributed by atoms with E-state index in [0.717, 1.165) is 39.5 Å². The Balaban J connectivity index is 0.736. The van der Waals surface area contributed by atoms with Crippen LogP contribution in [0.4, 0.5) is 11.6 Å². The maximum absolute atomic E-state index is 14.3. The lowest BCUT2D eigenvalue weighted by Crippen LogP contribution is -2.32. The van der Waals surface area contributed by atoms with Crippen molar-refractivity contribution in [1.82, 2.24) is 19.5 Å². The number of aliphatic hydroxyl groups is 2. The first kappa shape index (κ1) is 55.4. The van der Waals surface area contributed by atoms with E-state index in [0.29, 0.717) is 33.4 Å². The smallest absolute Gasteiger partial charge is 0.350 e. The maximum Gasteiger partial charge on any atom is 0.350 e. The van der Waals surface area contributed by atoms with E-state index < -0.39 is 72.2 Å². The first-order valence-electron chi connectivity index (χ1n) is 27.0. The molecule has 0 unspecified atom stereocenters. The van der Waals surface area contributed by atoms with Crippen LogP contribution in [0.25, 0.3) is 21.8 Å². The summed E-state index contributed by atoms with van der Waals surface area (Å²) in [6.07, 6.45) is 0. The predicted molar refractivity (Wildman–Crippen MR) is 313 cm³/mol. The fourth-order valence-corrected chi connectivity index (χ4v) is 10.8. The van der Waals surface area contributed by atoms with Crippen molar-refractivity contribution in [2.75, 3.05) is 24.0 Å². The molecule has 428 valence electrons. The van der Waals surface area contributed by atoms with E-state index in [9.17, 15) is 39.0 Å². The second-order valence-electron chi connectivity index (χ2n) is 20.4. The van der Waals surface area contributed by atoms with Gasteiger partial charge in [-0.2, -0.15) is 9.97 Å². The summed E-state index contributed by atoms with van der Waals surface area (Å²) >= 11 is 0. The van der Waals surface area contributed by atoms with Gasteiger partial charge in [-0.25, -0.2) is 19.4 Å². The summed E-state index contributed by atoms with van der Waals surface area (Å²) in [4.78, 5) is 97.5. The number of aliphatic hydroxyl groups excluding tert-OH is 2. The largest absolute Gasteiger partial charge is 0.496 e. The summed E-state index contributed by atoms with van der Waals surface area (Å²) in [7, 11) is 2.61. The minimum absolute atomic E-state index is 0.0355. The first-order chi connectivity index (χ1) is 41.6. The van der Waals surface area contributed by atoms with E-state index in [1.165, 1.54) is 61.6 Å². The van der Waals surface area contributed by atoms with Crippen molar-refractivity contribution in [2.45, 2.75) is 45.9 Å². The van der Waals surface area contributed by atoms with Gasteiger partial charge in [-0.15, -0.1) is 4.98 Å². The summed E-state index contributed by atoms with van der Waals surface area (Å²) in [5, 5.41) is 22.1. The molecule has 0 atom stereocenters. The highest BCUT2D eigenvalue weighted by Crippen LogP contribution is 2.40. The number of carbonyl (C=O) groups is 6. The van der Waals surface area contributed by atoms with Crippen molar-refractivity contribution < 1.29 is 67.4 Å². The predicted octanol–water partition coefficient (Wildman–Crippen LogP) is 11.0. The Labute approximate surface area is 489 Å². The number of para-hydroxylation sites is 1. The normalized spacial score (nSPS) is 12.9. The van der Waals surface area contributed by atoms with Gasteiger partial charge in [0.1, 0.15) is 45.6 Å². The second-order valence-corrected chi connectivity index (χ2v) is 20.4. The fourth-order valence-electron chi connectivity index (χ4n) is 10.8. The van der Waals surface area contributed by atoms with E-state index >= 15 is 0 Å². The number of carbonyl (C=O) groups excluding carboxylic acids is 6. The molecule has 4 amide bonds. The van der Waals surface area contributed by atoms with E-state index in [-0.39, 0.29) is 56.2 Å². The molecule has 86 heavy (non-hydrogen) atoms. The zero-order chi connectivity index (χ0) is 60.1. The molecule has 0 aliphatic carbocycles. The van der Waals surface area contributed by atoms with E-state index in [1.807, 2.05) is 72.8 Å². The molecule has 8 aromatic carbocycles. The quantitative estimate of drug-likeness (QED) is 0.0635. The number of imide groups is 2. The molecule has 20 nitrogen and oxygen atoms in total. The van der Waals surface area contributed by atoms with Crippen LogP contribution in [0.15, 0.2) is 164 Å². The molecule has 0 fully saturated rings. The lowest BCUT2D eigenvalue weighted by atomic mass is 9.78. The standard InChI is InChI=1S/C66H50N6O14/c1-6-70-51-14-8-7-13-45(51)48-31-40(21-30-52(48)70)71-57(75)46-28-26-43(32-49(46)59(71)77)83-41-22-17-38(18-23-41)66(2,3)39-19-24-42(25-20-39)84-44-27-29-47-50(33-44)60(78)72(58(47)76)63-67-64(85-61(79)55-36(34-73)11-9-15-53(55)81-4)69-65(68-63)86-62(80)56-37(35-74)12-10-16-54(56)82-5/h7-33,73-74H,6,34-35H2,1-5H3. The lowest BCUT2D eigenvalue weighted by Gasteiger charge is -2.26. The van der Waals surface area contributed by atoms with Crippen LogP contribution in [0.1, 0.15) is 105 Å². The average molecular weight is 1150 g/mol. The monoisotopic (exact) mass is 1150 g/mol. The summed E-state index contributed by atoms with van der Waals surface area (Å²) in [5.74, 6) is -3.93. The van der Waals surface area contributed by atoms with Gasteiger partial charge in [-0.1, -0.05) is 80.6 Å². The van der Waals surface area contributed by atoms with Crippen LogP contribution in [0, 0.1) is 0 Å². The fraction of sp³-hybridized carbons (Fsp3) is 0.136. The minimum atomic E-state index is -1.11. The molecule has 20 heteroatoms. The summed E-state index contributed by atoms with van der Waals surface area (Å²) in [5.41, 5.74) is 4.25. The first-order valence-corrected chi connectivity index (χ1v) is 27.0. The number of aromatic nitrogens is 4. The van der Waals surface area contributed by atoms with Crippen LogP contribution in [-0.2, 0) is 25.2 Å². The highest BCUT2D eigenvalue weighted by Gasteiger charge is 2.41. The molecule has 0 bridgehead atoms. The molecule has 12 rings (SSSR count). The molecule has 0 saturated heterocycles. The molecule has 2 aliphatic rings. The number of ether oxygens (including phenoxy) is 6. The van der Waals surface area contributed by atoms with Crippen LogP contribution >= 0.6 is 0 Å². The van der Waals surface area contributed by atoms with Crippen LogP contribution in [0.3, 0.4) is 0 Å². The third-order valence-electron chi connectivity index (χ3n) is 15.2. The maximum atomic E-state index is 14.3. The van der Waals surface area contributed by atoms with E-state index in [1.54, 1.807) is 42.5 Å². The van der Waals surface area contributed by atoms with Crippen LogP contribution in [0.5, 0.6) is 46.5 Å². The molecular formula is C66H50N6O14. The van der Waals surface area contributed by atoms with Gasteiger partial charge in [0.2, 0.25) is 5.95 Å². The Kier molecular flexibility index (Phi) is 14.3. The number of fused-ring (bicyclic) bond motifs is 5. The third-order valence-corrected chi connectivity index (χ3v) is 15.2. The van der Waals surface area contributed by atoms with Gasteiger partial charge in [0.25, 0.3) is 23.6 Å². The van der Waals surface area contributed by atoms with Crippen LogP contribution in [-0.4, -0.2) is 79.5 Å². The Morgan fingerprint density at radius 3 is 1.45 bits per heavy atom. The Morgan fingerprint density at radius 1 is 0.488 bits per heavy atom. The van der Waals surface area contributed by atoms with Gasteiger partial charge >= 0.3 is 24.0 Å². The molecule has 2 N–H and O–H groups in total. The Bertz CT molecular complexity index is 4330. The SMILES string of the molecule is CCn1c2ccccc2c2cc(N3C(=O)c4ccc(Oc5ccc(C(C)(C)c6ccc(Oc7ccc8c(c7)C(=O)N(c7nc(OC(=O)c9c(CO)cccc9OC)nc(OC(=O)c9c(CO)cccc9OC)n7)C8=O)cc6)cc5)cc4C3=O)ccc21.